The molecule has 0 saturated heterocycles. The third-order valence-electron chi connectivity index (χ3n) is 3.46. The molecular weight excluding hydrogens is 248 g/mol. The Bertz CT molecular complexity index is 554. The SMILES string of the molecule is CCC(N)Cc1ccccc1OCc1ncccc1C. The predicted octanol–water partition coefficient (Wildman–Crippen LogP) is 3.25. The molecule has 0 amide bonds. The fourth-order valence-electron chi connectivity index (χ4n) is 2.06. The Labute approximate surface area is 120 Å². The maximum atomic E-state index is 6.04. The molecule has 0 spiro atoms. The number of pyridine rings is 1. The molecule has 1 aromatic carbocycles. The van der Waals surface area contributed by atoms with Gasteiger partial charge in [0.15, 0.2) is 0 Å². The summed E-state index contributed by atoms with van der Waals surface area (Å²) in [7, 11) is 0. The Hall–Kier alpha value is -1.87. The van der Waals surface area contributed by atoms with Gasteiger partial charge >= 0.3 is 0 Å². The van der Waals surface area contributed by atoms with Crippen molar-refractivity contribution in [3.8, 4) is 5.75 Å². The van der Waals surface area contributed by atoms with Gasteiger partial charge < -0.3 is 10.5 Å². The van der Waals surface area contributed by atoms with Crippen molar-refractivity contribution >= 4 is 0 Å². The molecule has 2 rings (SSSR count). The predicted molar refractivity (Wildman–Crippen MR) is 81.7 cm³/mol. The first kappa shape index (κ1) is 14.5. The molecule has 1 heterocycles. The Morgan fingerprint density at radius 3 is 2.75 bits per heavy atom. The molecule has 0 fully saturated rings. The number of nitrogens with two attached hydrogens (primary N) is 1. The monoisotopic (exact) mass is 270 g/mol. The third-order valence-corrected chi connectivity index (χ3v) is 3.46. The summed E-state index contributed by atoms with van der Waals surface area (Å²) < 4.78 is 5.93. The molecule has 1 unspecified atom stereocenters. The van der Waals surface area contributed by atoms with Gasteiger partial charge in [-0.2, -0.15) is 0 Å². The number of nitrogens with zero attached hydrogens (tertiary/aromatic N) is 1. The zero-order valence-corrected chi connectivity index (χ0v) is 12.2. The van der Waals surface area contributed by atoms with E-state index in [-0.39, 0.29) is 6.04 Å². The van der Waals surface area contributed by atoms with Crippen molar-refractivity contribution in [3.63, 3.8) is 0 Å². The smallest absolute Gasteiger partial charge is 0.130 e. The van der Waals surface area contributed by atoms with Crippen molar-refractivity contribution in [2.75, 3.05) is 0 Å². The molecule has 0 bridgehead atoms. The van der Waals surface area contributed by atoms with Crippen LogP contribution in [0.4, 0.5) is 0 Å². The van der Waals surface area contributed by atoms with Gasteiger partial charge in [-0.25, -0.2) is 0 Å². The topological polar surface area (TPSA) is 48.1 Å². The Balaban J connectivity index is 2.08. The summed E-state index contributed by atoms with van der Waals surface area (Å²) in [5.74, 6) is 0.904. The normalized spacial score (nSPS) is 12.2. The van der Waals surface area contributed by atoms with E-state index in [1.54, 1.807) is 6.20 Å². The Morgan fingerprint density at radius 2 is 2.00 bits per heavy atom. The maximum absolute atomic E-state index is 6.04. The van der Waals surface area contributed by atoms with E-state index < -0.39 is 0 Å². The molecule has 1 atom stereocenters. The minimum Gasteiger partial charge on any atom is -0.487 e. The van der Waals surface area contributed by atoms with Gasteiger partial charge in [0, 0.05) is 12.2 Å². The lowest BCUT2D eigenvalue weighted by molar-refractivity contribution is 0.296. The van der Waals surface area contributed by atoms with Crippen LogP contribution in [-0.4, -0.2) is 11.0 Å². The highest BCUT2D eigenvalue weighted by Gasteiger charge is 2.08. The lowest BCUT2D eigenvalue weighted by atomic mass is 10.0. The number of para-hydroxylation sites is 1. The van der Waals surface area contributed by atoms with E-state index in [0.29, 0.717) is 6.61 Å². The van der Waals surface area contributed by atoms with Gasteiger partial charge in [0.2, 0.25) is 0 Å². The zero-order chi connectivity index (χ0) is 14.4. The van der Waals surface area contributed by atoms with Crippen LogP contribution in [0.3, 0.4) is 0 Å². The summed E-state index contributed by atoms with van der Waals surface area (Å²) in [6.07, 6.45) is 3.60. The van der Waals surface area contributed by atoms with E-state index in [1.807, 2.05) is 37.3 Å². The Morgan fingerprint density at radius 1 is 1.20 bits per heavy atom. The van der Waals surface area contributed by atoms with Crippen LogP contribution in [-0.2, 0) is 13.0 Å². The van der Waals surface area contributed by atoms with Gasteiger partial charge in [0.05, 0.1) is 5.69 Å². The molecule has 2 N–H and O–H groups in total. The van der Waals surface area contributed by atoms with Crippen LogP contribution in [0.2, 0.25) is 0 Å². The summed E-state index contributed by atoms with van der Waals surface area (Å²) in [6, 6.07) is 12.2. The molecule has 1 aromatic heterocycles. The molecular formula is C17H22N2O. The van der Waals surface area contributed by atoms with Gasteiger partial charge in [-0.15, -0.1) is 0 Å². The second-order valence-corrected chi connectivity index (χ2v) is 5.04. The van der Waals surface area contributed by atoms with E-state index in [1.165, 1.54) is 0 Å². The summed E-state index contributed by atoms with van der Waals surface area (Å²) in [5, 5.41) is 0. The van der Waals surface area contributed by atoms with E-state index >= 15 is 0 Å². The van der Waals surface area contributed by atoms with Crippen molar-refractivity contribution in [1.29, 1.82) is 0 Å². The van der Waals surface area contributed by atoms with Crippen LogP contribution in [0, 0.1) is 6.92 Å². The molecule has 0 aliphatic carbocycles. The maximum Gasteiger partial charge on any atom is 0.130 e. The summed E-state index contributed by atoms with van der Waals surface area (Å²) >= 11 is 0. The van der Waals surface area contributed by atoms with Gasteiger partial charge in [0.1, 0.15) is 12.4 Å². The van der Waals surface area contributed by atoms with Crippen LogP contribution in [0.15, 0.2) is 42.6 Å². The number of aromatic nitrogens is 1. The highest BCUT2D eigenvalue weighted by Crippen LogP contribution is 2.21. The largest absolute Gasteiger partial charge is 0.487 e. The summed E-state index contributed by atoms with van der Waals surface area (Å²) in [5.41, 5.74) is 9.32. The van der Waals surface area contributed by atoms with Crippen molar-refractivity contribution in [1.82, 2.24) is 4.98 Å². The van der Waals surface area contributed by atoms with Crippen molar-refractivity contribution < 1.29 is 4.74 Å². The van der Waals surface area contributed by atoms with Gasteiger partial charge in [-0.1, -0.05) is 31.2 Å². The van der Waals surface area contributed by atoms with Crippen molar-refractivity contribution in [3.05, 3.63) is 59.4 Å². The van der Waals surface area contributed by atoms with Gasteiger partial charge in [0.25, 0.3) is 0 Å². The number of hydrogen-bond donors (Lipinski definition) is 1. The minimum atomic E-state index is 0.177. The lowest BCUT2D eigenvalue weighted by Crippen LogP contribution is -2.21. The molecule has 0 aliphatic heterocycles. The van der Waals surface area contributed by atoms with Crippen LogP contribution in [0.5, 0.6) is 5.75 Å². The molecule has 3 heteroatoms. The molecule has 2 aromatic rings. The first-order valence-electron chi connectivity index (χ1n) is 7.07. The van der Waals surface area contributed by atoms with E-state index in [4.69, 9.17) is 10.5 Å². The van der Waals surface area contributed by atoms with Crippen LogP contribution < -0.4 is 10.5 Å². The highest BCUT2D eigenvalue weighted by molar-refractivity contribution is 5.34. The Kier molecular flexibility index (Phi) is 5.13. The van der Waals surface area contributed by atoms with Crippen LogP contribution in [0.1, 0.15) is 30.2 Å². The lowest BCUT2D eigenvalue weighted by Gasteiger charge is -2.14. The zero-order valence-electron chi connectivity index (χ0n) is 12.2. The molecule has 20 heavy (non-hydrogen) atoms. The fraction of sp³-hybridized carbons (Fsp3) is 0.353. The summed E-state index contributed by atoms with van der Waals surface area (Å²) in [4.78, 5) is 4.35. The van der Waals surface area contributed by atoms with Crippen molar-refractivity contribution in [2.24, 2.45) is 5.73 Å². The number of aryl methyl sites for hydroxylation is 1. The minimum absolute atomic E-state index is 0.177. The quantitative estimate of drug-likeness (QED) is 0.876. The fourth-order valence-corrected chi connectivity index (χ4v) is 2.06. The standard InChI is InChI=1S/C17H22N2O/c1-3-15(18)11-14-8-4-5-9-17(14)20-12-16-13(2)7-6-10-19-16/h4-10,15H,3,11-12,18H2,1-2H3. The number of rotatable bonds is 6. The molecule has 0 saturated carbocycles. The average molecular weight is 270 g/mol. The van der Waals surface area contributed by atoms with E-state index in [0.717, 1.165) is 35.4 Å². The van der Waals surface area contributed by atoms with E-state index in [2.05, 4.69) is 18.0 Å². The van der Waals surface area contributed by atoms with Crippen LogP contribution >= 0.6 is 0 Å². The molecule has 0 radical (unpaired) electrons. The number of benzene rings is 1. The van der Waals surface area contributed by atoms with Gasteiger partial charge in [-0.3, -0.25) is 4.98 Å². The summed E-state index contributed by atoms with van der Waals surface area (Å²) in [6.45, 7) is 4.64. The molecule has 0 aliphatic rings. The van der Waals surface area contributed by atoms with Crippen LogP contribution in [0.25, 0.3) is 0 Å². The van der Waals surface area contributed by atoms with E-state index in [9.17, 15) is 0 Å². The first-order valence-corrected chi connectivity index (χ1v) is 7.07. The van der Waals surface area contributed by atoms with Crippen molar-refractivity contribution in [2.45, 2.75) is 39.3 Å². The molecule has 106 valence electrons. The number of hydrogen-bond acceptors (Lipinski definition) is 3. The number of ether oxygens (including phenoxy) is 1. The average Bonchev–Trinajstić information content (AvgIpc) is 2.47. The molecule has 3 nitrogen and oxygen atoms in total. The second-order valence-electron chi connectivity index (χ2n) is 5.04. The first-order chi connectivity index (χ1) is 9.70. The third kappa shape index (κ3) is 3.81. The second kappa shape index (κ2) is 7.06. The highest BCUT2D eigenvalue weighted by atomic mass is 16.5. The van der Waals surface area contributed by atoms with Gasteiger partial charge in [-0.05, 0) is 43.0 Å².